The van der Waals surface area contributed by atoms with Crippen LogP contribution in [0, 0.1) is 45.8 Å². The molecule has 5 nitrogen and oxygen atoms in total. The summed E-state index contributed by atoms with van der Waals surface area (Å²) in [6.45, 7) is 7.80. The van der Waals surface area contributed by atoms with Crippen LogP contribution < -0.4 is 0 Å². The van der Waals surface area contributed by atoms with Crippen LogP contribution in [-0.4, -0.2) is 39.8 Å². The van der Waals surface area contributed by atoms with Gasteiger partial charge in [-0.2, -0.15) is 0 Å². The highest BCUT2D eigenvalue weighted by atomic mass is 16.3. The number of fused-ring (bicyclic) bond motifs is 2. The summed E-state index contributed by atoms with van der Waals surface area (Å²) in [5.41, 5.74) is -1.77. The van der Waals surface area contributed by atoms with E-state index in [1.807, 2.05) is 50.3 Å². The minimum Gasteiger partial charge on any atom is -0.390 e. The molecule has 5 aliphatic rings. The summed E-state index contributed by atoms with van der Waals surface area (Å²) in [7, 11) is 0. The molecule has 0 saturated heterocycles. The van der Waals surface area contributed by atoms with Gasteiger partial charge in [0.15, 0.2) is 17.3 Å². The molecular weight excluding hydrogens is 428 g/mol. The van der Waals surface area contributed by atoms with Crippen LogP contribution in [0.25, 0.3) is 6.08 Å². The molecule has 0 heterocycles. The van der Waals surface area contributed by atoms with Gasteiger partial charge in [-0.25, -0.2) is 0 Å². The van der Waals surface area contributed by atoms with Crippen LogP contribution in [0.2, 0.25) is 0 Å². The molecule has 2 N–H and O–H groups in total. The molecule has 4 fully saturated rings. The van der Waals surface area contributed by atoms with Gasteiger partial charge >= 0.3 is 0 Å². The number of hydrogen-bond donors (Lipinski definition) is 2. The molecule has 1 spiro atoms. The minimum atomic E-state index is -1.30. The van der Waals surface area contributed by atoms with Crippen molar-refractivity contribution < 1.29 is 24.6 Å². The first kappa shape index (κ1) is 21.9. The molecule has 0 aromatic heterocycles. The molecule has 176 valence electrons. The third-order valence-electron chi connectivity index (χ3n) is 10.1. The van der Waals surface area contributed by atoms with E-state index in [1.165, 1.54) is 6.08 Å². The van der Waals surface area contributed by atoms with Gasteiger partial charge in [-0.05, 0) is 48.3 Å². The summed E-state index contributed by atoms with van der Waals surface area (Å²) in [4.78, 5) is 40.3. The molecule has 1 aromatic carbocycles. The lowest BCUT2D eigenvalue weighted by molar-refractivity contribution is -0.284. The lowest BCUT2D eigenvalue weighted by Gasteiger charge is -2.79. The van der Waals surface area contributed by atoms with Crippen molar-refractivity contribution in [1.82, 2.24) is 0 Å². The smallest absolute Gasteiger partial charge is 0.173 e. The van der Waals surface area contributed by atoms with E-state index >= 15 is 0 Å². The largest absolute Gasteiger partial charge is 0.390 e. The van der Waals surface area contributed by atoms with Gasteiger partial charge < -0.3 is 10.2 Å². The molecule has 4 saturated carbocycles. The average molecular weight is 459 g/mol. The maximum Gasteiger partial charge on any atom is 0.173 e. The lowest BCUT2D eigenvalue weighted by atomic mass is 9.21. The van der Waals surface area contributed by atoms with Crippen LogP contribution in [0.3, 0.4) is 0 Å². The van der Waals surface area contributed by atoms with Crippen molar-refractivity contribution in [1.29, 1.82) is 0 Å². The van der Waals surface area contributed by atoms with Crippen LogP contribution in [0.15, 0.2) is 60.7 Å². The molecule has 1 aromatic rings. The van der Waals surface area contributed by atoms with Gasteiger partial charge in [0.1, 0.15) is 5.41 Å². The Balaban J connectivity index is 1.42. The van der Waals surface area contributed by atoms with Crippen molar-refractivity contribution in [2.45, 2.75) is 38.9 Å². The highest BCUT2D eigenvalue weighted by molar-refractivity contribution is 6.24. The quantitative estimate of drug-likeness (QED) is 0.412. The monoisotopic (exact) mass is 458 g/mol. The van der Waals surface area contributed by atoms with Gasteiger partial charge in [-0.3, -0.25) is 14.4 Å². The van der Waals surface area contributed by atoms with E-state index in [0.717, 1.165) is 12.0 Å². The maximum absolute atomic E-state index is 14.2. The van der Waals surface area contributed by atoms with E-state index in [0.29, 0.717) is 12.0 Å². The summed E-state index contributed by atoms with van der Waals surface area (Å²) < 4.78 is 0. The molecule has 0 aliphatic heterocycles. The molecule has 3 unspecified atom stereocenters. The first-order chi connectivity index (χ1) is 16.1. The zero-order valence-corrected chi connectivity index (χ0v) is 19.5. The summed E-state index contributed by atoms with van der Waals surface area (Å²) in [6, 6.07) is 9.45. The van der Waals surface area contributed by atoms with Gasteiger partial charge in [0, 0.05) is 17.3 Å². The number of allylic oxidation sites excluding steroid dienone is 4. The molecule has 0 bridgehead atoms. The van der Waals surface area contributed by atoms with Crippen LogP contribution in [-0.2, 0) is 14.4 Å². The van der Waals surface area contributed by atoms with Crippen molar-refractivity contribution in [2.24, 2.45) is 45.8 Å². The zero-order valence-electron chi connectivity index (χ0n) is 19.5. The Hall–Kier alpha value is -2.63. The topological polar surface area (TPSA) is 91.7 Å². The third kappa shape index (κ3) is 2.17. The van der Waals surface area contributed by atoms with E-state index in [4.69, 9.17) is 0 Å². The second-order valence-corrected chi connectivity index (χ2v) is 11.5. The Morgan fingerprint density at radius 3 is 2.53 bits per heavy atom. The van der Waals surface area contributed by atoms with Crippen LogP contribution in [0.1, 0.15) is 32.3 Å². The summed E-state index contributed by atoms with van der Waals surface area (Å²) in [5, 5.41) is 22.9. The lowest BCUT2D eigenvalue weighted by Crippen LogP contribution is -2.87. The van der Waals surface area contributed by atoms with Crippen LogP contribution in [0.5, 0.6) is 0 Å². The number of carbonyl (C=O) groups is 3. The molecule has 5 aliphatic carbocycles. The molecule has 6 rings (SSSR count). The average Bonchev–Trinajstić information content (AvgIpc) is 2.82. The Morgan fingerprint density at radius 1 is 1.12 bits per heavy atom. The number of Topliss-reactive ketones (excluding diaryl/α,β-unsaturated/α-hetero) is 1. The van der Waals surface area contributed by atoms with Gasteiger partial charge in [-0.15, -0.1) is 0 Å². The van der Waals surface area contributed by atoms with E-state index in [1.54, 1.807) is 12.2 Å². The van der Waals surface area contributed by atoms with Crippen LogP contribution in [0.4, 0.5) is 0 Å². The molecule has 0 amide bonds. The number of benzene rings is 1. The minimum absolute atomic E-state index is 0.0105. The maximum atomic E-state index is 14.2. The first-order valence-corrected chi connectivity index (χ1v) is 12.2. The Labute approximate surface area is 199 Å². The molecule has 34 heavy (non-hydrogen) atoms. The van der Waals surface area contributed by atoms with Crippen molar-refractivity contribution in [2.75, 3.05) is 0 Å². The number of carbonyl (C=O) groups excluding carboxylic acids is 3. The van der Waals surface area contributed by atoms with E-state index < -0.39 is 34.4 Å². The summed E-state index contributed by atoms with van der Waals surface area (Å²) in [6.07, 6.45) is 5.61. The van der Waals surface area contributed by atoms with Gasteiger partial charge in [0.2, 0.25) is 0 Å². The number of ketones is 3. The number of hydrogen-bond acceptors (Lipinski definition) is 5. The Morgan fingerprint density at radius 2 is 1.82 bits per heavy atom. The standard InChI is InChI=1S/C29H30O5/c1-15-17-10-12-19-18-11-14-20(30)27(2,3)22(18)23(32)25(33)29(19)24(17)28(15,26(29)34)21(31)13-9-16-7-5-4-6-8-16/h4-9,11,13-14,17-19,22-25,32-33H,1,10,12H2,2-3H3/b13-9+/t17-,18?,19?,22+,23-,24-,25-,28?,29-/m0/s1. The highest BCUT2D eigenvalue weighted by Crippen LogP contribution is 2.82. The zero-order chi connectivity index (χ0) is 24.2. The van der Waals surface area contributed by atoms with Crippen molar-refractivity contribution in [3.05, 3.63) is 66.3 Å². The van der Waals surface area contributed by atoms with Gasteiger partial charge in [-0.1, -0.05) is 68.5 Å². The fraction of sp³-hybridized carbons (Fsp3) is 0.483. The second kappa shape index (κ2) is 6.73. The third-order valence-corrected chi connectivity index (χ3v) is 10.1. The highest BCUT2D eigenvalue weighted by Gasteiger charge is 2.89. The van der Waals surface area contributed by atoms with Crippen molar-refractivity contribution in [3.63, 3.8) is 0 Å². The second-order valence-electron chi connectivity index (χ2n) is 11.5. The van der Waals surface area contributed by atoms with Gasteiger partial charge in [0.25, 0.3) is 0 Å². The van der Waals surface area contributed by atoms with E-state index in [-0.39, 0.29) is 41.0 Å². The van der Waals surface area contributed by atoms with Crippen molar-refractivity contribution >= 4 is 23.4 Å². The predicted octanol–water partition coefficient (Wildman–Crippen LogP) is 3.17. The molecule has 0 radical (unpaired) electrons. The Bertz CT molecular complexity index is 1190. The molecular formula is C29H30O5. The fourth-order valence-electron chi connectivity index (χ4n) is 8.66. The van der Waals surface area contributed by atoms with E-state index in [2.05, 4.69) is 6.58 Å². The number of rotatable bonds is 3. The fourth-order valence-corrected chi connectivity index (χ4v) is 8.66. The molecule has 9 atom stereocenters. The number of aliphatic hydroxyl groups excluding tert-OH is 2. The predicted molar refractivity (Wildman–Crippen MR) is 126 cm³/mol. The van der Waals surface area contributed by atoms with Gasteiger partial charge in [0.05, 0.1) is 17.6 Å². The number of aliphatic hydroxyl groups is 2. The Kier molecular flexibility index (Phi) is 4.33. The summed E-state index contributed by atoms with van der Waals surface area (Å²) in [5.74, 6) is -1.87. The normalized spacial score (nSPS) is 45.6. The van der Waals surface area contributed by atoms with E-state index in [9.17, 15) is 24.6 Å². The summed E-state index contributed by atoms with van der Waals surface area (Å²) >= 11 is 0. The van der Waals surface area contributed by atoms with Crippen molar-refractivity contribution in [3.8, 4) is 0 Å². The van der Waals surface area contributed by atoms with Crippen LogP contribution >= 0.6 is 0 Å². The molecule has 5 heteroatoms. The first-order valence-electron chi connectivity index (χ1n) is 12.2. The SMILES string of the molecule is C=C1[C@@H]2CCC3C4C=CC(=O)C(C)(C)[C@H]4[C@H](O)[C@H](O)[C@]34C(=O)C1(C(=O)/C=C/c1ccccc1)[C@H]24.